The highest BCUT2D eigenvalue weighted by Gasteiger charge is 2.22. The number of rotatable bonds is 6. The molecule has 1 atom stereocenters. The van der Waals surface area contributed by atoms with Gasteiger partial charge in [0.15, 0.2) is 0 Å². The molecule has 0 heterocycles. The van der Waals surface area contributed by atoms with Gasteiger partial charge in [0.2, 0.25) is 0 Å². The summed E-state index contributed by atoms with van der Waals surface area (Å²) >= 11 is 0. The fraction of sp³-hybridized carbons (Fsp3) is 0.357. The normalized spacial score (nSPS) is 15.6. The van der Waals surface area contributed by atoms with E-state index in [0.717, 1.165) is 19.3 Å². The Morgan fingerprint density at radius 3 is 2.39 bits per heavy atom. The Hall–Kier alpha value is -2.34. The van der Waals surface area contributed by atoms with E-state index in [2.05, 4.69) is 80.6 Å². The second-order valence-electron chi connectivity index (χ2n) is 8.31. The fourth-order valence-electron chi connectivity index (χ4n) is 4.68. The standard InChI is InChI=1S/C28H32/c1-3-5-6-10-22-15-16-28-26(18-22)20-25(19-24-12-7-8-14-27(24)28)23-13-9-11-21(4-2)17-23/h7-9,11-18,25H,3-6,10,19-20H2,1-2H3. The van der Waals surface area contributed by atoms with Gasteiger partial charge in [-0.2, -0.15) is 0 Å². The first-order valence-electron chi connectivity index (χ1n) is 11.1. The molecule has 0 saturated heterocycles. The largest absolute Gasteiger partial charge is 0.0654 e. The summed E-state index contributed by atoms with van der Waals surface area (Å²) in [5.41, 5.74) is 10.4. The molecule has 0 fully saturated rings. The Bertz CT molecular complexity index is 934. The summed E-state index contributed by atoms with van der Waals surface area (Å²) in [6.45, 7) is 4.53. The van der Waals surface area contributed by atoms with E-state index in [1.54, 1.807) is 0 Å². The van der Waals surface area contributed by atoms with Gasteiger partial charge in [0.1, 0.15) is 0 Å². The van der Waals surface area contributed by atoms with Gasteiger partial charge >= 0.3 is 0 Å². The van der Waals surface area contributed by atoms with Crippen molar-refractivity contribution >= 4 is 0 Å². The summed E-state index contributed by atoms with van der Waals surface area (Å²) in [6.07, 6.45) is 8.49. The lowest BCUT2D eigenvalue weighted by Crippen LogP contribution is -2.06. The van der Waals surface area contributed by atoms with Crippen LogP contribution in [0.1, 0.15) is 66.8 Å². The van der Waals surface area contributed by atoms with Crippen molar-refractivity contribution in [3.63, 3.8) is 0 Å². The second kappa shape index (κ2) is 8.78. The predicted octanol–water partition coefficient (Wildman–Crippen LogP) is 7.53. The lowest BCUT2D eigenvalue weighted by atomic mass is 9.87. The van der Waals surface area contributed by atoms with Crippen LogP contribution in [0.2, 0.25) is 0 Å². The third-order valence-electron chi connectivity index (χ3n) is 6.31. The van der Waals surface area contributed by atoms with Crippen LogP contribution in [0.15, 0.2) is 66.7 Å². The monoisotopic (exact) mass is 368 g/mol. The van der Waals surface area contributed by atoms with Crippen molar-refractivity contribution < 1.29 is 0 Å². The van der Waals surface area contributed by atoms with Crippen LogP contribution in [0.3, 0.4) is 0 Å². The first kappa shape index (κ1) is 19.0. The van der Waals surface area contributed by atoms with Gasteiger partial charge in [-0.05, 0) is 77.0 Å². The van der Waals surface area contributed by atoms with E-state index in [9.17, 15) is 0 Å². The topological polar surface area (TPSA) is 0 Å². The average molecular weight is 369 g/mol. The maximum Gasteiger partial charge on any atom is -0.00805 e. The quantitative estimate of drug-likeness (QED) is 0.394. The van der Waals surface area contributed by atoms with Crippen LogP contribution in [0.5, 0.6) is 0 Å². The van der Waals surface area contributed by atoms with Gasteiger partial charge in [-0.1, -0.05) is 93.4 Å². The van der Waals surface area contributed by atoms with Crippen molar-refractivity contribution in [1.82, 2.24) is 0 Å². The maximum absolute atomic E-state index is 2.50. The number of unbranched alkanes of at least 4 members (excludes halogenated alkanes) is 2. The van der Waals surface area contributed by atoms with Crippen molar-refractivity contribution in [1.29, 1.82) is 0 Å². The van der Waals surface area contributed by atoms with Crippen molar-refractivity contribution in [2.75, 3.05) is 0 Å². The third-order valence-corrected chi connectivity index (χ3v) is 6.31. The summed E-state index contributed by atoms with van der Waals surface area (Å²) in [5.74, 6) is 0.555. The summed E-state index contributed by atoms with van der Waals surface area (Å²) < 4.78 is 0. The van der Waals surface area contributed by atoms with E-state index < -0.39 is 0 Å². The number of fused-ring (bicyclic) bond motifs is 3. The Balaban J connectivity index is 1.73. The number of hydrogen-bond acceptors (Lipinski definition) is 0. The first-order valence-corrected chi connectivity index (χ1v) is 11.1. The maximum atomic E-state index is 2.50. The van der Waals surface area contributed by atoms with Crippen molar-refractivity contribution in [3.05, 3.63) is 94.5 Å². The zero-order valence-electron chi connectivity index (χ0n) is 17.4. The smallest absolute Gasteiger partial charge is 0.00805 e. The Labute approximate surface area is 170 Å². The Kier molecular flexibility index (Phi) is 5.95. The molecule has 0 nitrogen and oxygen atoms in total. The predicted molar refractivity (Wildman–Crippen MR) is 121 cm³/mol. The van der Waals surface area contributed by atoms with Crippen LogP contribution in [-0.4, -0.2) is 0 Å². The molecule has 4 rings (SSSR count). The lowest BCUT2D eigenvalue weighted by molar-refractivity contribution is 0.685. The number of aryl methyl sites for hydroxylation is 2. The zero-order chi connectivity index (χ0) is 19.3. The SMILES string of the molecule is CCCCCc1ccc2c(c1)CC(c1cccc(CC)c1)Cc1ccccc1-2. The van der Waals surface area contributed by atoms with Crippen molar-refractivity contribution in [2.45, 2.75) is 64.7 Å². The molecule has 144 valence electrons. The molecule has 0 heteroatoms. The van der Waals surface area contributed by atoms with E-state index in [4.69, 9.17) is 0 Å². The molecule has 0 aromatic heterocycles. The molecule has 1 aliphatic rings. The highest BCUT2D eigenvalue weighted by molar-refractivity contribution is 5.72. The Morgan fingerprint density at radius 1 is 0.714 bits per heavy atom. The van der Waals surface area contributed by atoms with E-state index in [0.29, 0.717) is 5.92 Å². The second-order valence-corrected chi connectivity index (χ2v) is 8.31. The van der Waals surface area contributed by atoms with Crippen LogP contribution < -0.4 is 0 Å². The Morgan fingerprint density at radius 2 is 1.54 bits per heavy atom. The van der Waals surface area contributed by atoms with Gasteiger partial charge in [0.05, 0.1) is 0 Å². The van der Waals surface area contributed by atoms with Gasteiger partial charge in [0.25, 0.3) is 0 Å². The minimum absolute atomic E-state index is 0.555. The van der Waals surface area contributed by atoms with Crippen LogP contribution in [0.25, 0.3) is 11.1 Å². The van der Waals surface area contributed by atoms with E-state index in [1.807, 2.05) is 0 Å². The van der Waals surface area contributed by atoms with Crippen molar-refractivity contribution in [3.8, 4) is 11.1 Å². The summed E-state index contributed by atoms with van der Waals surface area (Å²) in [6, 6.07) is 25.6. The average Bonchev–Trinajstić information content (AvgIpc) is 2.90. The molecule has 3 aromatic rings. The molecule has 3 aromatic carbocycles. The fourth-order valence-corrected chi connectivity index (χ4v) is 4.68. The lowest BCUT2D eigenvalue weighted by Gasteiger charge is -2.17. The van der Waals surface area contributed by atoms with Crippen LogP contribution >= 0.6 is 0 Å². The van der Waals surface area contributed by atoms with Gasteiger partial charge in [-0.25, -0.2) is 0 Å². The molecule has 1 unspecified atom stereocenters. The summed E-state index contributed by atoms with van der Waals surface area (Å²) in [7, 11) is 0. The molecule has 0 amide bonds. The molecule has 0 spiro atoms. The molecular weight excluding hydrogens is 336 g/mol. The van der Waals surface area contributed by atoms with Gasteiger partial charge < -0.3 is 0 Å². The molecule has 0 radical (unpaired) electrons. The van der Waals surface area contributed by atoms with Crippen LogP contribution in [0, 0.1) is 0 Å². The first-order chi connectivity index (χ1) is 13.8. The molecular formula is C28H32. The number of hydrogen-bond donors (Lipinski definition) is 0. The minimum Gasteiger partial charge on any atom is -0.0654 e. The summed E-state index contributed by atoms with van der Waals surface area (Å²) in [5, 5.41) is 0. The minimum atomic E-state index is 0.555. The van der Waals surface area contributed by atoms with E-state index in [-0.39, 0.29) is 0 Å². The summed E-state index contributed by atoms with van der Waals surface area (Å²) in [4.78, 5) is 0. The van der Waals surface area contributed by atoms with Crippen LogP contribution in [0.4, 0.5) is 0 Å². The van der Waals surface area contributed by atoms with Gasteiger partial charge in [-0.3, -0.25) is 0 Å². The number of benzene rings is 3. The third kappa shape index (κ3) is 4.07. The van der Waals surface area contributed by atoms with Crippen LogP contribution in [-0.2, 0) is 25.7 Å². The molecule has 0 saturated carbocycles. The molecule has 1 aliphatic carbocycles. The van der Waals surface area contributed by atoms with Gasteiger partial charge in [-0.15, -0.1) is 0 Å². The van der Waals surface area contributed by atoms with E-state index >= 15 is 0 Å². The van der Waals surface area contributed by atoms with Gasteiger partial charge in [0, 0.05) is 0 Å². The highest BCUT2D eigenvalue weighted by atomic mass is 14.3. The van der Waals surface area contributed by atoms with Crippen molar-refractivity contribution in [2.24, 2.45) is 0 Å². The molecule has 0 bridgehead atoms. The zero-order valence-corrected chi connectivity index (χ0v) is 17.4. The highest BCUT2D eigenvalue weighted by Crippen LogP contribution is 2.38. The van der Waals surface area contributed by atoms with E-state index in [1.165, 1.54) is 64.6 Å². The molecule has 0 N–H and O–H groups in total. The molecule has 0 aliphatic heterocycles. The molecule has 28 heavy (non-hydrogen) atoms.